The molecule has 0 saturated carbocycles. The van der Waals surface area contributed by atoms with Gasteiger partial charge in [0.2, 0.25) is 0 Å². The van der Waals surface area contributed by atoms with Gasteiger partial charge in [0.1, 0.15) is 24.5 Å². The fourth-order valence-electron chi connectivity index (χ4n) is 4.35. The molecular weight excluding hydrogens is 518 g/mol. The molecule has 2 aliphatic rings. The van der Waals surface area contributed by atoms with Crippen molar-refractivity contribution in [3.63, 3.8) is 0 Å². The van der Waals surface area contributed by atoms with Crippen molar-refractivity contribution in [3.05, 3.63) is 95.8 Å². The first kappa shape index (κ1) is 29.2. The molecule has 2 aromatic rings. The van der Waals surface area contributed by atoms with Crippen LogP contribution in [0.1, 0.15) is 23.6 Å². The molecule has 10 nitrogen and oxygen atoms in total. The van der Waals surface area contributed by atoms with E-state index < -0.39 is 42.1 Å². The number of carbonyl (C=O) groups is 3. The van der Waals surface area contributed by atoms with Crippen molar-refractivity contribution in [1.82, 2.24) is 4.90 Å². The number of imide groups is 1. The molecule has 1 saturated heterocycles. The van der Waals surface area contributed by atoms with Gasteiger partial charge in [-0.05, 0) is 35.8 Å². The number of carbonyl (C=O) groups excluding carboxylic acids is 3. The predicted molar refractivity (Wildman–Crippen MR) is 143 cm³/mol. The minimum atomic E-state index is -1.36. The summed E-state index contributed by atoms with van der Waals surface area (Å²) in [5.74, 6) is -0.815. The Bertz CT molecular complexity index is 1200. The number of hydrogen-bond donors (Lipinski definition) is 1. The van der Waals surface area contributed by atoms with E-state index in [1.807, 2.05) is 36.4 Å². The van der Waals surface area contributed by atoms with E-state index >= 15 is 0 Å². The van der Waals surface area contributed by atoms with Gasteiger partial charge in [0.15, 0.2) is 18.0 Å². The largest absolute Gasteiger partial charge is 0.479 e. The lowest BCUT2D eigenvalue weighted by Crippen LogP contribution is -2.51. The Kier molecular flexibility index (Phi) is 10.6. The molecule has 2 aromatic carbocycles. The minimum absolute atomic E-state index is 0.00395. The number of ketones is 1. The number of ether oxygens (including phenoxy) is 5. The lowest BCUT2D eigenvalue weighted by molar-refractivity contribution is -0.153. The van der Waals surface area contributed by atoms with Crippen LogP contribution in [0.4, 0.5) is 4.79 Å². The highest BCUT2D eigenvalue weighted by Crippen LogP contribution is 2.30. The predicted octanol–water partition coefficient (Wildman–Crippen LogP) is 3.11. The zero-order chi connectivity index (χ0) is 28.3. The molecule has 2 heterocycles. The summed E-state index contributed by atoms with van der Waals surface area (Å²) in [4.78, 5) is 39.6. The maximum absolute atomic E-state index is 13.4. The second kappa shape index (κ2) is 14.5. The quantitative estimate of drug-likeness (QED) is 0.374. The number of cyclic esters (lactones) is 1. The first-order valence-corrected chi connectivity index (χ1v) is 13.0. The third-order valence-corrected chi connectivity index (χ3v) is 6.47. The van der Waals surface area contributed by atoms with Crippen LogP contribution in [-0.2, 0) is 39.9 Å². The molecule has 4 atom stereocenters. The molecule has 1 fully saturated rings. The molecule has 0 aliphatic carbocycles. The third kappa shape index (κ3) is 7.42. The fourth-order valence-corrected chi connectivity index (χ4v) is 4.35. The van der Waals surface area contributed by atoms with Crippen LogP contribution in [0.2, 0.25) is 0 Å². The number of methoxy groups -OCH3 is 1. The number of rotatable bonds is 13. The van der Waals surface area contributed by atoms with Crippen LogP contribution in [0.5, 0.6) is 0 Å². The molecule has 0 bridgehead atoms. The molecule has 40 heavy (non-hydrogen) atoms. The van der Waals surface area contributed by atoms with E-state index in [9.17, 15) is 19.5 Å². The van der Waals surface area contributed by atoms with Crippen LogP contribution in [-0.4, -0.2) is 79.6 Å². The summed E-state index contributed by atoms with van der Waals surface area (Å²) in [5, 5.41) is 9.57. The normalized spacial score (nSPS) is 21.2. The summed E-state index contributed by atoms with van der Waals surface area (Å²) in [6.07, 6.45) is 1.08. The first-order chi connectivity index (χ1) is 19.5. The van der Waals surface area contributed by atoms with E-state index in [4.69, 9.17) is 23.7 Å². The SMILES string of the molecule is COC(C(=O)N1C(=O)OCC1c1ccccc1)C1OC(=CCCOCC(CO)OCc2ccccc2)C=CC1=O. The third-order valence-electron chi connectivity index (χ3n) is 6.47. The molecule has 2 amide bonds. The average molecular weight is 552 g/mol. The van der Waals surface area contributed by atoms with Crippen LogP contribution < -0.4 is 0 Å². The zero-order valence-electron chi connectivity index (χ0n) is 22.2. The molecular formula is C30H33NO9. The van der Waals surface area contributed by atoms with Gasteiger partial charge in [0.25, 0.3) is 5.91 Å². The smallest absolute Gasteiger partial charge is 0.417 e. The summed E-state index contributed by atoms with van der Waals surface area (Å²) >= 11 is 0. The van der Waals surface area contributed by atoms with Gasteiger partial charge in [-0.2, -0.15) is 0 Å². The van der Waals surface area contributed by atoms with E-state index in [2.05, 4.69) is 0 Å². The lowest BCUT2D eigenvalue weighted by Gasteiger charge is -2.30. The van der Waals surface area contributed by atoms with Gasteiger partial charge in [-0.15, -0.1) is 0 Å². The van der Waals surface area contributed by atoms with Crippen molar-refractivity contribution < 1.29 is 43.2 Å². The molecule has 0 radical (unpaired) electrons. The Labute approximate surface area is 232 Å². The van der Waals surface area contributed by atoms with E-state index in [-0.39, 0.29) is 19.8 Å². The van der Waals surface area contributed by atoms with Crippen molar-refractivity contribution in [1.29, 1.82) is 0 Å². The van der Waals surface area contributed by atoms with Crippen LogP contribution in [0.15, 0.2) is 84.7 Å². The van der Waals surface area contributed by atoms with E-state index in [0.29, 0.717) is 25.4 Å². The van der Waals surface area contributed by atoms with E-state index in [0.717, 1.165) is 16.0 Å². The monoisotopic (exact) mass is 551 g/mol. The van der Waals surface area contributed by atoms with Crippen molar-refractivity contribution in [2.24, 2.45) is 0 Å². The van der Waals surface area contributed by atoms with Gasteiger partial charge in [0.05, 0.1) is 26.4 Å². The van der Waals surface area contributed by atoms with Crippen molar-refractivity contribution in [2.75, 3.05) is 33.5 Å². The Hall–Kier alpha value is -3.83. The van der Waals surface area contributed by atoms with Crippen molar-refractivity contribution in [2.45, 2.75) is 37.4 Å². The second-order valence-corrected chi connectivity index (χ2v) is 9.21. The summed E-state index contributed by atoms with van der Waals surface area (Å²) < 4.78 is 27.7. The molecule has 10 heteroatoms. The standard InChI is InChI=1S/C30H33NO9/c1-36-28(29(34)31-25(20-39-30(31)35)22-11-6-3-7-12-22)27-26(33)15-14-23(40-27)13-8-16-37-19-24(17-32)38-18-21-9-4-2-5-10-21/h2-7,9-15,24-25,27-28,32H,8,16-20H2,1H3. The van der Waals surface area contributed by atoms with Gasteiger partial charge in [-0.3, -0.25) is 9.59 Å². The van der Waals surface area contributed by atoms with Gasteiger partial charge in [-0.25, -0.2) is 9.69 Å². The summed E-state index contributed by atoms with van der Waals surface area (Å²) in [6.45, 7) is 0.721. The topological polar surface area (TPSA) is 121 Å². The summed E-state index contributed by atoms with van der Waals surface area (Å²) in [6, 6.07) is 18.0. The van der Waals surface area contributed by atoms with Crippen molar-refractivity contribution in [3.8, 4) is 0 Å². The van der Waals surface area contributed by atoms with E-state index in [1.165, 1.54) is 19.3 Å². The Balaban J connectivity index is 1.30. The molecule has 212 valence electrons. The number of benzene rings is 2. The number of amides is 2. The second-order valence-electron chi connectivity index (χ2n) is 9.21. The Morgan fingerprint density at radius 3 is 2.52 bits per heavy atom. The van der Waals surface area contributed by atoms with Crippen molar-refractivity contribution >= 4 is 17.8 Å². The van der Waals surface area contributed by atoms with E-state index in [1.54, 1.807) is 30.3 Å². The Morgan fingerprint density at radius 2 is 1.82 bits per heavy atom. The zero-order valence-corrected chi connectivity index (χ0v) is 22.2. The molecule has 0 spiro atoms. The number of nitrogens with zero attached hydrogens (tertiary/aromatic N) is 1. The average Bonchev–Trinajstić information content (AvgIpc) is 3.38. The van der Waals surface area contributed by atoms with Gasteiger partial charge in [0, 0.05) is 7.11 Å². The maximum atomic E-state index is 13.4. The highest BCUT2D eigenvalue weighted by Gasteiger charge is 2.46. The highest BCUT2D eigenvalue weighted by atomic mass is 16.6. The molecule has 4 rings (SSSR count). The van der Waals surface area contributed by atoms with Gasteiger partial charge >= 0.3 is 6.09 Å². The Morgan fingerprint density at radius 1 is 1.10 bits per heavy atom. The van der Waals surface area contributed by atoms with Crippen LogP contribution >= 0.6 is 0 Å². The first-order valence-electron chi connectivity index (χ1n) is 13.0. The molecule has 0 aromatic heterocycles. The molecule has 4 unspecified atom stereocenters. The number of allylic oxidation sites excluding steroid dienone is 1. The fraction of sp³-hybridized carbons (Fsp3) is 0.367. The molecule has 1 N–H and O–H groups in total. The van der Waals surface area contributed by atoms with Gasteiger partial charge < -0.3 is 28.8 Å². The van der Waals surface area contributed by atoms with Crippen LogP contribution in [0.3, 0.4) is 0 Å². The maximum Gasteiger partial charge on any atom is 0.417 e. The number of aliphatic hydroxyl groups is 1. The molecule has 2 aliphatic heterocycles. The summed E-state index contributed by atoms with van der Waals surface area (Å²) in [5.41, 5.74) is 1.72. The number of hydrogen-bond acceptors (Lipinski definition) is 9. The van der Waals surface area contributed by atoms with Crippen LogP contribution in [0.25, 0.3) is 0 Å². The highest BCUT2D eigenvalue weighted by molar-refractivity contribution is 6.03. The van der Waals surface area contributed by atoms with Gasteiger partial charge in [-0.1, -0.05) is 60.7 Å². The van der Waals surface area contributed by atoms with Crippen LogP contribution in [0, 0.1) is 0 Å². The summed E-state index contributed by atoms with van der Waals surface area (Å²) in [7, 11) is 1.28. The minimum Gasteiger partial charge on any atom is -0.479 e. The number of aliphatic hydroxyl groups excluding tert-OH is 1. The lowest BCUT2D eigenvalue weighted by atomic mass is 10.0.